The van der Waals surface area contributed by atoms with Crippen LogP contribution in [-0.2, 0) is 10.8 Å². The normalized spacial score (nSPS) is 15.1. The molecule has 0 atom stereocenters. The van der Waals surface area contributed by atoms with Gasteiger partial charge in [0.05, 0.1) is 22.4 Å². The van der Waals surface area contributed by atoms with Gasteiger partial charge in [0.15, 0.2) is 0 Å². The van der Waals surface area contributed by atoms with Gasteiger partial charge in [-0.05, 0) is 99.1 Å². The minimum absolute atomic E-state index is 0.0609. The SMILES string of the molecule is CC1(C)c2ccccc2-c2ccc(N3c4ccccc4C(C)(C)c4cc(-c5ccc(-n6c7ccccc7c7ccccc76)cc5)ccc43)cc21. The number of rotatable bonds is 3. The minimum Gasteiger partial charge on any atom is -0.310 e. The Morgan fingerprint density at radius 1 is 0.380 bits per heavy atom. The average Bonchev–Trinajstić information content (AvgIpc) is 3.60. The van der Waals surface area contributed by atoms with E-state index in [0.717, 1.165) is 0 Å². The number of aromatic nitrogens is 1. The van der Waals surface area contributed by atoms with E-state index in [1.165, 1.54) is 89.1 Å². The number of fused-ring (bicyclic) bond motifs is 8. The summed E-state index contributed by atoms with van der Waals surface area (Å²) in [4.78, 5) is 2.49. The summed E-state index contributed by atoms with van der Waals surface area (Å²) < 4.78 is 2.38. The molecule has 0 amide bonds. The largest absolute Gasteiger partial charge is 0.310 e. The van der Waals surface area contributed by atoms with Gasteiger partial charge in [0, 0.05) is 33.0 Å². The van der Waals surface area contributed by atoms with E-state index in [1.807, 2.05) is 0 Å². The van der Waals surface area contributed by atoms with Gasteiger partial charge in [0.1, 0.15) is 0 Å². The summed E-state index contributed by atoms with van der Waals surface area (Å²) >= 11 is 0. The molecule has 0 bridgehead atoms. The molecule has 2 nitrogen and oxygen atoms in total. The number of anilines is 3. The van der Waals surface area contributed by atoms with Gasteiger partial charge in [-0.1, -0.05) is 131 Å². The summed E-state index contributed by atoms with van der Waals surface area (Å²) in [7, 11) is 0. The lowest BCUT2D eigenvalue weighted by Crippen LogP contribution is -2.30. The second-order valence-corrected chi connectivity index (χ2v) is 15.0. The van der Waals surface area contributed by atoms with Crippen molar-refractivity contribution in [3.05, 3.63) is 180 Å². The smallest absolute Gasteiger partial charge is 0.0541 e. The third-order valence-electron chi connectivity index (χ3n) is 11.6. The summed E-state index contributed by atoms with van der Waals surface area (Å²) in [5.41, 5.74) is 17.7. The van der Waals surface area contributed by atoms with Crippen molar-refractivity contribution in [1.29, 1.82) is 0 Å². The molecule has 7 aromatic carbocycles. The van der Waals surface area contributed by atoms with E-state index in [0.29, 0.717) is 0 Å². The maximum Gasteiger partial charge on any atom is 0.0541 e. The fourth-order valence-electron chi connectivity index (χ4n) is 9.00. The predicted molar refractivity (Wildman–Crippen MR) is 211 cm³/mol. The predicted octanol–water partition coefficient (Wildman–Crippen LogP) is 12.9. The highest BCUT2D eigenvalue weighted by Crippen LogP contribution is 2.55. The first-order chi connectivity index (χ1) is 24.3. The third-order valence-corrected chi connectivity index (χ3v) is 11.6. The van der Waals surface area contributed by atoms with Crippen LogP contribution in [0.4, 0.5) is 17.1 Å². The Balaban J connectivity index is 1.09. The molecule has 0 unspecified atom stereocenters. The molecule has 8 aromatic rings. The first-order valence-corrected chi connectivity index (χ1v) is 17.7. The maximum absolute atomic E-state index is 2.49. The lowest BCUT2D eigenvalue weighted by molar-refractivity contribution is 0.631. The molecule has 0 spiro atoms. The standard InChI is InChI=1S/C48H38N2/c1-47(2)39-16-8-5-13-35(39)36-27-26-34(30-41(36)47)50-45-20-12-9-17-40(45)48(3,4)42-29-32(23-28-46(42)50)31-21-24-33(25-22-31)49-43-18-10-6-14-37(43)38-15-7-11-19-44(38)49/h5-30H,1-4H3. The van der Waals surface area contributed by atoms with Crippen LogP contribution in [0, 0.1) is 0 Å². The third kappa shape index (κ3) is 3.96. The van der Waals surface area contributed by atoms with E-state index in [-0.39, 0.29) is 10.8 Å². The van der Waals surface area contributed by atoms with Crippen LogP contribution in [0.3, 0.4) is 0 Å². The van der Waals surface area contributed by atoms with E-state index in [4.69, 9.17) is 0 Å². The molecular weight excluding hydrogens is 605 g/mol. The van der Waals surface area contributed by atoms with E-state index < -0.39 is 0 Å². The monoisotopic (exact) mass is 642 g/mol. The molecule has 240 valence electrons. The highest BCUT2D eigenvalue weighted by atomic mass is 15.2. The van der Waals surface area contributed by atoms with Gasteiger partial charge in [0.2, 0.25) is 0 Å². The van der Waals surface area contributed by atoms with Crippen LogP contribution in [0.5, 0.6) is 0 Å². The zero-order valence-electron chi connectivity index (χ0n) is 28.9. The van der Waals surface area contributed by atoms with Gasteiger partial charge >= 0.3 is 0 Å². The molecule has 1 aromatic heterocycles. The van der Waals surface area contributed by atoms with Crippen LogP contribution in [0.1, 0.15) is 49.9 Å². The quantitative estimate of drug-likeness (QED) is 0.186. The van der Waals surface area contributed by atoms with E-state index in [9.17, 15) is 0 Å². The Morgan fingerprint density at radius 2 is 0.920 bits per heavy atom. The van der Waals surface area contributed by atoms with Crippen molar-refractivity contribution >= 4 is 38.9 Å². The Morgan fingerprint density at radius 3 is 1.66 bits per heavy atom. The fourth-order valence-corrected chi connectivity index (χ4v) is 9.00. The van der Waals surface area contributed by atoms with Crippen molar-refractivity contribution in [1.82, 2.24) is 4.57 Å². The molecule has 2 heteroatoms. The van der Waals surface area contributed by atoms with Crippen LogP contribution in [0.15, 0.2) is 158 Å². The van der Waals surface area contributed by atoms with Crippen LogP contribution in [-0.4, -0.2) is 4.57 Å². The lowest BCUT2D eigenvalue weighted by Gasteiger charge is -2.42. The van der Waals surface area contributed by atoms with E-state index >= 15 is 0 Å². The molecule has 1 aliphatic heterocycles. The molecule has 0 fully saturated rings. The topological polar surface area (TPSA) is 8.17 Å². The average molecular weight is 643 g/mol. The summed E-state index contributed by atoms with van der Waals surface area (Å²) in [6, 6.07) is 58.5. The van der Waals surface area contributed by atoms with Crippen molar-refractivity contribution in [3.8, 4) is 27.9 Å². The van der Waals surface area contributed by atoms with Crippen molar-refractivity contribution in [2.24, 2.45) is 0 Å². The number of benzene rings is 7. The van der Waals surface area contributed by atoms with Crippen molar-refractivity contribution < 1.29 is 0 Å². The van der Waals surface area contributed by atoms with Gasteiger partial charge in [-0.3, -0.25) is 0 Å². The first-order valence-electron chi connectivity index (χ1n) is 17.7. The Labute approximate surface area is 293 Å². The molecule has 50 heavy (non-hydrogen) atoms. The zero-order chi connectivity index (χ0) is 33.8. The summed E-state index contributed by atoms with van der Waals surface area (Å²) in [6.07, 6.45) is 0. The second kappa shape index (κ2) is 10.3. The number of hydrogen-bond donors (Lipinski definition) is 0. The molecule has 10 rings (SSSR count). The Kier molecular flexibility index (Phi) is 6.01. The fraction of sp³-hybridized carbons (Fsp3) is 0.125. The molecule has 2 aliphatic rings. The van der Waals surface area contributed by atoms with Crippen molar-refractivity contribution in [2.75, 3.05) is 4.90 Å². The van der Waals surface area contributed by atoms with Gasteiger partial charge in [-0.2, -0.15) is 0 Å². The summed E-state index contributed by atoms with van der Waals surface area (Å²) in [6.45, 7) is 9.47. The van der Waals surface area contributed by atoms with Crippen LogP contribution < -0.4 is 4.90 Å². The summed E-state index contributed by atoms with van der Waals surface area (Å²) in [5.74, 6) is 0. The van der Waals surface area contributed by atoms with E-state index in [2.05, 4.69) is 195 Å². The number of para-hydroxylation sites is 3. The molecule has 0 saturated heterocycles. The van der Waals surface area contributed by atoms with Crippen molar-refractivity contribution in [3.63, 3.8) is 0 Å². The van der Waals surface area contributed by atoms with Crippen LogP contribution >= 0.6 is 0 Å². The molecular formula is C48H38N2. The Hall–Kier alpha value is -5.86. The molecule has 0 saturated carbocycles. The molecule has 0 N–H and O–H groups in total. The zero-order valence-corrected chi connectivity index (χ0v) is 28.9. The van der Waals surface area contributed by atoms with Gasteiger partial charge in [-0.25, -0.2) is 0 Å². The van der Waals surface area contributed by atoms with Crippen LogP contribution in [0.25, 0.3) is 49.7 Å². The Bertz CT molecular complexity index is 2600. The molecule has 0 radical (unpaired) electrons. The second-order valence-electron chi connectivity index (χ2n) is 15.0. The first kappa shape index (κ1) is 29.1. The number of nitrogens with zero attached hydrogens (tertiary/aromatic N) is 2. The van der Waals surface area contributed by atoms with Crippen molar-refractivity contribution in [2.45, 2.75) is 38.5 Å². The lowest BCUT2D eigenvalue weighted by atomic mass is 9.72. The molecule has 1 aliphatic carbocycles. The van der Waals surface area contributed by atoms with E-state index in [1.54, 1.807) is 0 Å². The van der Waals surface area contributed by atoms with Gasteiger partial charge in [0.25, 0.3) is 0 Å². The van der Waals surface area contributed by atoms with Gasteiger partial charge in [-0.15, -0.1) is 0 Å². The molecule has 2 heterocycles. The minimum atomic E-state index is -0.173. The highest BCUT2D eigenvalue weighted by molar-refractivity contribution is 6.09. The number of hydrogen-bond acceptors (Lipinski definition) is 1. The van der Waals surface area contributed by atoms with Gasteiger partial charge < -0.3 is 9.47 Å². The highest BCUT2D eigenvalue weighted by Gasteiger charge is 2.39. The summed E-state index contributed by atoms with van der Waals surface area (Å²) in [5, 5.41) is 2.57. The maximum atomic E-state index is 2.49. The van der Waals surface area contributed by atoms with Crippen LogP contribution in [0.2, 0.25) is 0 Å².